The molecule has 72 valence electrons. The average molecular weight is 228 g/mol. The minimum absolute atomic E-state index is 0.135. The summed E-state index contributed by atoms with van der Waals surface area (Å²) >= 11 is 7.13. The van der Waals surface area contributed by atoms with Gasteiger partial charge in [0.1, 0.15) is 5.01 Å². The molecule has 2 rings (SSSR count). The smallest absolute Gasteiger partial charge is 0.152 e. The van der Waals surface area contributed by atoms with Crippen molar-refractivity contribution in [3.63, 3.8) is 0 Å². The second-order valence-corrected chi connectivity index (χ2v) is 4.52. The zero-order chi connectivity index (χ0) is 10.1. The summed E-state index contributed by atoms with van der Waals surface area (Å²) in [7, 11) is 0. The molecule has 1 heterocycles. The van der Waals surface area contributed by atoms with E-state index in [0.717, 1.165) is 4.88 Å². The summed E-state index contributed by atoms with van der Waals surface area (Å²) in [6.45, 7) is 1.93. The fourth-order valence-corrected chi connectivity index (χ4v) is 2.11. The Bertz CT molecular complexity index is 467. The lowest BCUT2D eigenvalue weighted by Gasteiger charge is -1.99. The van der Waals surface area contributed by atoms with Crippen molar-refractivity contribution in [2.24, 2.45) is 0 Å². The molecule has 0 aliphatic heterocycles. The maximum atomic E-state index is 13.5. The third-order valence-corrected chi connectivity index (χ3v) is 3.04. The molecule has 1 nitrogen and oxygen atoms in total. The number of aryl methyl sites for hydroxylation is 1. The number of thiazole rings is 1. The topological polar surface area (TPSA) is 12.9 Å². The summed E-state index contributed by atoms with van der Waals surface area (Å²) in [5.41, 5.74) is 0.468. The van der Waals surface area contributed by atoms with Gasteiger partial charge in [0.2, 0.25) is 0 Å². The number of hydrogen-bond acceptors (Lipinski definition) is 2. The van der Waals surface area contributed by atoms with Gasteiger partial charge >= 0.3 is 0 Å². The molecule has 2 aromatic rings. The highest BCUT2D eigenvalue weighted by atomic mass is 35.5. The molecule has 1 aromatic carbocycles. The SMILES string of the molecule is Cc1cnc(-c2cccc(Cl)c2F)s1. The van der Waals surface area contributed by atoms with Crippen LogP contribution >= 0.6 is 22.9 Å². The fraction of sp³-hybridized carbons (Fsp3) is 0.100. The summed E-state index contributed by atoms with van der Waals surface area (Å²) in [4.78, 5) is 5.16. The van der Waals surface area contributed by atoms with Gasteiger partial charge in [0.15, 0.2) is 5.82 Å². The Morgan fingerprint density at radius 3 is 2.86 bits per heavy atom. The zero-order valence-corrected chi connectivity index (χ0v) is 8.99. The van der Waals surface area contributed by atoms with Gasteiger partial charge in [-0.3, -0.25) is 0 Å². The van der Waals surface area contributed by atoms with Gasteiger partial charge in [-0.2, -0.15) is 0 Å². The second kappa shape index (κ2) is 3.67. The Kier molecular flexibility index (Phi) is 2.52. The maximum Gasteiger partial charge on any atom is 0.152 e. The van der Waals surface area contributed by atoms with Gasteiger partial charge in [0.05, 0.1) is 5.02 Å². The summed E-state index contributed by atoms with van der Waals surface area (Å²) in [6.07, 6.45) is 1.72. The van der Waals surface area contributed by atoms with Crippen LogP contribution in [0.15, 0.2) is 24.4 Å². The van der Waals surface area contributed by atoms with Crippen molar-refractivity contribution in [1.29, 1.82) is 0 Å². The molecule has 0 saturated carbocycles. The van der Waals surface area contributed by atoms with Crippen LogP contribution in [0.3, 0.4) is 0 Å². The van der Waals surface area contributed by atoms with Crippen molar-refractivity contribution in [2.75, 3.05) is 0 Å². The lowest BCUT2D eigenvalue weighted by molar-refractivity contribution is 0.631. The Morgan fingerprint density at radius 1 is 1.43 bits per heavy atom. The van der Waals surface area contributed by atoms with Gasteiger partial charge in [0.25, 0.3) is 0 Å². The Morgan fingerprint density at radius 2 is 2.21 bits per heavy atom. The monoisotopic (exact) mass is 227 g/mol. The minimum atomic E-state index is -0.400. The van der Waals surface area contributed by atoms with Crippen molar-refractivity contribution in [3.8, 4) is 10.6 Å². The van der Waals surface area contributed by atoms with Gasteiger partial charge in [-0.15, -0.1) is 11.3 Å². The highest BCUT2D eigenvalue weighted by Gasteiger charge is 2.10. The Labute approximate surface area is 90.2 Å². The summed E-state index contributed by atoms with van der Waals surface area (Å²) in [6, 6.07) is 4.93. The molecule has 0 unspecified atom stereocenters. The van der Waals surface area contributed by atoms with E-state index in [0.29, 0.717) is 10.6 Å². The van der Waals surface area contributed by atoms with Gasteiger partial charge < -0.3 is 0 Å². The largest absolute Gasteiger partial charge is 0.244 e. The quantitative estimate of drug-likeness (QED) is 0.720. The van der Waals surface area contributed by atoms with Gasteiger partial charge in [-0.25, -0.2) is 9.37 Å². The number of benzene rings is 1. The molecule has 0 aliphatic carbocycles. The summed E-state index contributed by atoms with van der Waals surface area (Å²) in [5.74, 6) is -0.400. The molecular formula is C10H7ClFNS. The van der Waals surface area contributed by atoms with Crippen LogP contribution in [0, 0.1) is 12.7 Å². The molecule has 0 spiro atoms. The first kappa shape index (κ1) is 9.62. The minimum Gasteiger partial charge on any atom is -0.244 e. The standard InChI is InChI=1S/C10H7ClFNS/c1-6-5-13-10(14-6)7-3-2-4-8(11)9(7)12/h2-5H,1H3. The molecule has 0 N–H and O–H groups in total. The lowest BCUT2D eigenvalue weighted by atomic mass is 10.2. The predicted octanol–water partition coefficient (Wildman–Crippen LogP) is 3.91. The van der Waals surface area contributed by atoms with Crippen LogP contribution in [-0.4, -0.2) is 4.98 Å². The third-order valence-electron chi connectivity index (χ3n) is 1.80. The van der Waals surface area contributed by atoms with Crippen molar-refractivity contribution in [3.05, 3.63) is 40.1 Å². The molecule has 1 aromatic heterocycles. The number of halogens is 2. The van der Waals surface area contributed by atoms with Crippen LogP contribution in [0.5, 0.6) is 0 Å². The van der Waals surface area contributed by atoms with E-state index in [9.17, 15) is 4.39 Å². The Hall–Kier alpha value is -0.930. The predicted molar refractivity (Wildman–Crippen MR) is 57.3 cm³/mol. The maximum absolute atomic E-state index is 13.5. The van der Waals surface area contributed by atoms with E-state index in [1.165, 1.54) is 17.4 Å². The summed E-state index contributed by atoms with van der Waals surface area (Å²) < 4.78 is 13.5. The van der Waals surface area contributed by atoms with Crippen LogP contribution in [0.1, 0.15) is 4.88 Å². The van der Waals surface area contributed by atoms with E-state index in [1.54, 1.807) is 18.3 Å². The number of hydrogen-bond donors (Lipinski definition) is 0. The molecule has 0 fully saturated rings. The molecular weight excluding hydrogens is 221 g/mol. The normalized spacial score (nSPS) is 10.5. The zero-order valence-electron chi connectivity index (χ0n) is 7.42. The number of aromatic nitrogens is 1. The highest BCUT2D eigenvalue weighted by Crippen LogP contribution is 2.30. The molecule has 0 amide bonds. The highest BCUT2D eigenvalue weighted by molar-refractivity contribution is 7.14. The third kappa shape index (κ3) is 1.65. The van der Waals surface area contributed by atoms with Crippen molar-refractivity contribution in [1.82, 2.24) is 4.98 Å². The van der Waals surface area contributed by atoms with Crippen LogP contribution in [0.25, 0.3) is 10.6 Å². The first-order valence-electron chi connectivity index (χ1n) is 4.05. The van der Waals surface area contributed by atoms with Crippen LogP contribution < -0.4 is 0 Å². The van der Waals surface area contributed by atoms with Crippen molar-refractivity contribution in [2.45, 2.75) is 6.92 Å². The van der Waals surface area contributed by atoms with Crippen LogP contribution in [0.4, 0.5) is 4.39 Å². The number of rotatable bonds is 1. The van der Waals surface area contributed by atoms with E-state index in [2.05, 4.69) is 4.98 Å². The fourth-order valence-electron chi connectivity index (χ4n) is 1.15. The van der Waals surface area contributed by atoms with E-state index >= 15 is 0 Å². The average Bonchev–Trinajstić information content (AvgIpc) is 2.57. The van der Waals surface area contributed by atoms with Crippen molar-refractivity contribution >= 4 is 22.9 Å². The van der Waals surface area contributed by atoms with Crippen LogP contribution in [0.2, 0.25) is 5.02 Å². The van der Waals surface area contributed by atoms with Gasteiger partial charge in [0, 0.05) is 16.6 Å². The van der Waals surface area contributed by atoms with E-state index in [1.807, 2.05) is 6.92 Å². The van der Waals surface area contributed by atoms with E-state index < -0.39 is 5.82 Å². The molecule has 0 bridgehead atoms. The van der Waals surface area contributed by atoms with Gasteiger partial charge in [-0.1, -0.05) is 17.7 Å². The molecule has 0 atom stereocenters. The van der Waals surface area contributed by atoms with Gasteiger partial charge in [-0.05, 0) is 19.1 Å². The van der Waals surface area contributed by atoms with E-state index in [-0.39, 0.29) is 5.02 Å². The summed E-state index contributed by atoms with van der Waals surface area (Å²) in [5, 5.41) is 0.804. The van der Waals surface area contributed by atoms with Crippen LogP contribution in [-0.2, 0) is 0 Å². The van der Waals surface area contributed by atoms with Crippen molar-refractivity contribution < 1.29 is 4.39 Å². The number of nitrogens with zero attached hydrogens (tertiary/aromatic N) is 1. The Balaban J connectivity index is 2.57. The molecule has 14 heavy (non-hydrogen) atoms. The lowest BCUT2D eigenvalue weighted by Crippen LogP contribution is -1.83. The second-order valence-electron chi connectivity index (χ2n) is 2.88. The molecule has 0 radical (unpaired) electrons. The molecule has 4 heteroatoms. The first-order chi connectivity index (χ1) is 6.68. The molecule has 0 saturated heterocycles. The molecule has 0 aliphatic rings. The first-order valence-corrected chi connectivity index (χ1v) is 5.25. The van der Waals surface area contributed by atoms with E-state index in [4.69, 9.17) is 11.6 Å².